The maximum atomic E-state index is 13.0. The van der Waals surface area contributed by atoms with Gasteiger partial charge >= 0.3 is 0 Å². The highest BCUT2D eigenvalue weighted by Gasteiger charge is 2.19. The molecule has 0 fully saturated rings. The number of ketones is 1. The molecular weight excluding hydrogens is 336 g/mol. The van der Waals surface area contributed by atoms with Crippen molar-refractivity contribution in [2.45, 2.75) is 13.0 Å². The molecule has 4 rings (SSSR count). The third-order valence-electron chi connectivity index (χ3n) is 4.66. The fourth-order valence-corrected chi connectivity index (χ4v) is 3.22. The molecule has 0 saturated heterocycles. The van der Waals surface area contributed by atoms with Gasteiger partial charge < -0.3 is 4.74 Å². The molecule has 0 spiro atoms. The Morgan fingerprint density at radius 3 is 2.37 bits per heavy atom. The molecule has 0 amide bonds. The topological polar surface area (TPSA) is 44.1 Å². The summed E-state index contributed by atoms with van der Waals surface area (Å²) in [5, 5.41) is 5.51. The molecule has 1 aromatic heterocycles. The van der Waals surface area contributed by atoms with Crippen LogP contribution in [0.3, 0.4) is 0 Å². The van der Waals surface area contributed by atoms with E-state index < -0.39 is 0 Å². The molecule has 0 N–H and O–H groups in total. The lowest BCUT2D eigenvalue weighted by atomic mass is 10.1. The van der Waals surface area contributed by atoms with Crippen molar-refractivity contribution in [2.24, 2.45) is 0 Å². The Labute approximate surface area is 158 Å². The number of rotatable bonds is 6. The molecule has 4 nitrogen and oxygen atoms in total. The van der Waals surface area contributed by atoms with Crippen molar-refractivity contribution in [1.29, 1.82) is 0 Å². The Bertz CT molecular complexity index is 1070. The van der Waals surface area contributed by atoms with Gasteiger partial charge in [-0.1, -0.05) is 60.7 Å². The number of fused-ring (bicyclic) bond motifs is 1. The number of ether oxygens (including phenoxy) is 1. The predicted molar refractivity (Wildman–Crippen MR) is 106 cm³/mol. The summed E-state index contributed by atoms with van der Waals surface area (Å²) in [4.78, 5) is 13.0. The second kappa shape index (κ2) is 7.46. The number of methoxy groups -OCH3 is 1. The first-order valence-corrected chi connectivity index (χ1v) is 8.94. The smallest absolute Gasteiger partial charge is 0.213 e. The Morgan fingerprint density at radius 1 is 0.963 bits per heavy atom. The SMILES string of the molecule is COc1ccc2c(C(=O)c3ccccc3)nn(CCc3ccccc3)c2c1. The number of benzene rings is 3. The lowest BCUT2D eigenvalue weighted by molar-refractivity contribution is 0.103. The number of carbonyl (C=O) groups is 1. The molecule has 4 heteroatoms. The third-order valence-corrected chi connectivity index (χ3v) is 4.66. The van der Waals surface area contributed by atoms with Crippen LogP contribution in [-0.4, -0.2) is 22.7 Å². The van der Waals surface area contributed by atoms with E-state index >= 15 is 0 Å². The van der Waals surface area contributed by atoms with Crippen LogP contribution in [0.25, 0.3) is 10.9 Å². The minimum absolute atomic E-state index is 0.0655. The third kappa shape index (κ3) is 3.47. The van der Waals surface area contributed by atoms with Gasteiger partial charge in [0.2, 0.25) is 5.78 Å². The molecule has 27 heavy (non-hydrogen) atoms. The van der Waals surface area contributed by atoms with Crippen LogP contribution in [0.15, 0.2) is 78.9 Å². The van der Waals surface area contributed by atoms with Crippen molar-refractivity contribution in [3.8, 4) is 5.75 Å². The highest BCUT2D eigenvalue weighted by atomic mass is 16.5. The van der Waals surface area contributed by atoms with Gasteiger partial charge in [0, 0.05) is 23.6 Å². The van der Waals surface area contributed by atoms with Crippen LogP contribution in [0.5, 0.6) is 5.75 Å². The highest BCUT2D eigenvalue weighted by Crippen LogP contribution is 2.26. The van der Waals surface area contributed by atoms with E-state index in [4.69, 9.17) is 4.74 Å². The van der Waals surface area contributed by atoms with Crippen molar-refractivity contribution < 1.29 is 9.53 Å². The van der Waals surface area contributed by atoms with Crippen LogP contribution in [0, 0.1) is 0 Å². The lowest BCUT2D eigenvalue weighted by Crippen LogP contribution is -2.07. The minimum atomic E-state index is -0.0655. The fourth-order valence-electron chi connectivity index (χ4n) is 3.22. The quantitative estimate of drug-likeness (QED) is 0.477. The number of hydrogen-bond acceptors (Lipinski definition) is 3. The summed E-state index contributed by atoms with van der Waals surface area (Å²) in [6.07, 6.45) is 0.841. The van der Waals surface area contributed by atoms with Crippen molar-refractivity contribution >= 4 is 16.7 Å². The first-order chi connectivity index (χ1) is 13.3. The van der Waals surface area contributed by atoms with Gasteiger partial charge in [-0.05, 0) is 24.1 Å². The molecule has 3 aromatic carbocycles. The molecule has 0 aliphatic rings. The predicted octanol–water partition coefficient (Wildman–Crippen LogP) is 4.52. The van der Waals surface area contributed by atoms with E-state index in [0.717, 1.165) is 23.1 Å². The van der Waals surface area contributed by atoms with Gasteiger partial charge in [0.15, 0.2) is 0 Å². The first-order valence-electron chi connectivity index (χ1n) is 8.94. The van der Waals surface area contributed by atoms with Crippen LogP contribution >= 0.6 is 0 Å². The van der Waals surface area contributed by atoms with E-state index in [1.165, 1.54) is 5.56 Å². The van der Waals surface area contributed by atoms with Gasteiger partial charge in [-0.25, -0.2) is 0 Å². The summed E-state index contributed by atoms with van der Waals surface area (Å²) in [5.41, 5.74) is 3.26. The molecule has 134 valence electrons. The molecule has 0 bridgehead atoms. The van der Waals surface area contributed by atoms with Gasteiger partial charge in [-0.2, -0.15) is 5.10 Å². The van der Waals surface area contributed by atoms with E-state index in [-0.39, 0.29) is 5.78 Å². The second-order valence-corrected chi connectivity index (χ2v) is 6.39. The molecule has 1 heterocycles. The standard InChI is InChI=1S/C23H20N2O2/c1-27-19-12-13-20-21(16-19)25(15-14-17-8-4-2-5-9-17)24-22(20)23(26)18-10-6-3-7-11-18/h2-13,16H,14-15H2,1H3. The molecule has 0 saturated carbocycles. The average Bonchev–Trinajstić information content (AvgIpc) is 3.11. The zero-order chi connectivity index (χ0) is 18.6. The number of nitrogens with zero attached hydrogens (tertiary/aromatic N) is 2. The summed E-state index contributed by atoms with van der Waals surface area (Å²) in [7, 11) is 1.64. The van der Waals surface area contributed by atoms with Gasteiger partial charge in [-0.15, -0.1) is 0 Å². The highest BCUT2D eigenvalue weighted by molar-refractivity contribution is 6.14. The van der Waals surface area contributed by atoms with Gasteiger partial charge in [0.25, 0.3) is 0 Å². The molecule has 0 aliphatic heterocycles. The first kappa shape index (κ1) is 17.0. The zero-order valence-electron chi connectivity index (χ0n) is 15.1. The van der Waals surface area contributed by atoms with Crippen LogP contribution in [0.1, 0.15) is 21.6 Å². The summed E-state index contributed by atoms with van der Waals surface area (Å²) in [6.45, 7) is 0.690. The summed E-state index contributed by atoms with van der Waals surface area (Å²) in [6, 6.07) is 25.3. The molecule has 0 radical (unpaired) electrons. The van der Waals surface area contributed by atoms with E-state index in [1.807, 2.05) is 71.4 Å². The second-order valence-electron chi connectivity index (χ2n) is 6.39. The maximum Gasteiger partial charge on any atom is 0.213 e. The number of carbonyl (C=O) groups excluding carboxylic acids is 1. The Morgan fingerprint density at radius 2 is 1.67 bits per heavy atom. The van der Waals surface area contributed by atoms with E-state index in [1.54, 1.807) is 7.11 Å². The van der Waals surface area contributed by atoms with Gasteiger partial charge in [0.05, 0.1) is 12.6 Å². The number of aryl methyl sites for hydroxylation is 2. The monoisotopic (exact) mass is 356 g/mol. The van der Waals surface area contributed by atoms with Crippen molar-refractivity contribution in [3.05, 3.63) is 95.7 Å². The van der Waals surface area contributed by atoms with Crippen LogP contribution in [0.4, 0.5) is 0 Å². The van der Waals surface area contributed by atoms with Crippen molar-refractivity contribution in [3.63, 3.8) is 0 Å². The lowest BCUT2D eigenvalue weighted by Gasteiger charge is -2.05. The van der Waals surface area contributed by atoms with Crippen LogP contribution in [-0.2, 0) is 13.0 Å². The van der Waals surface area contributed by atoms with Gasteiger partial charge in [0.1, 0.15) is 11.4 Å². The molecule has 0 aliphatic carbocycles. The van der Waals surface area contributed by atoms with E-state index in [0.29, 0.717) is 17.8 Å². The van der Waals surface area contributed by atoms with Crippen LogP contribution < -0.4 is 4.74 Å². The van der Waals surface area contributed by atoms with Crippen molar-refractivity contribution in [2.75, 3.05) is 7.11 Å². The Kier molecular flexibility index (Phi) is 4.71. The molecular formula is C23H20N2O2. The van der Waals surface area contributed by atoms with Crippen molar-refractivity contribution in [1.82, 2.24) is 9.78 Å². The normalized spacial score (nSPS) is 10.9. The van der Waals surface area contributed by atoms with Crippen LogP contribution in [0.2, 0.25) is 0 Å². The molecule has 0 unspecified atom stereocenters. The maximum absolute atomic E-state index is 13.0. The summed E-state index contributed by atoms with van der Waals surface area (Å²) >= 11 is 0. The minimum Gasteiger partial charge on any atom is -0.497 e. The summed E-state index contributed by atoms with van der Waals surface area (Å²) < 4.78 is 7.27. The molecule has 0 atom stereocenters. The zero-order valence-corrected chi connectivity index (χ0v) is 15.1. The van der Waals surface area contributed by atoms with E-state index in [9.17, 15) is 4.79 Å². The fraction of sp³-hybridized carbons (Fsp3) is 0.130. The molecule has 4 aromatic rings. The largest absolute Gasteiger partial charge is 0.497 e. The van der Waals surface area contributed by atoms with E-state index in [2.05, 4.69) is 17.2 Å². The summed E-state index contributed by atoms with van der Waals surface area (Å²) in [5.74, 6) is 0.686. The number of hydrogen-bond donors (Lipinski definition) is 0. The Balaban J connectivity index is 1.75. The van der Waals surface area contributed by atoms with Gasteiger partial charge in [-0.3, -0.25) is 9.48 Å². The average molecular weight is 356 g/mol. The Hall–Kier alpha value is -3.40. The number of aromatic nitrogens is 2.